The van der Waals surface area contributed by atoms with Crippen LogP contribution in [0.15, 0.2) is 59.9 Å². The normalized spacial score (nSPS) is 13.9. The van der Waals surface area contributed by atoms with Gasteiger partial charge in [-0.15, -0.1) is 0 Å². The molecular formula is C27H31N7. The molecule has 3 heterocycles. The van der Waals surface area contributed by atoms with Gasteiger partial charge in [-0.05, 0) is 56.3 Å². The zero-order valence-electron chi connectivity index (χ0n) is 19.7. The molecule has 0 aliphatic heterocycles. The highest BCUT2D eigenvalue weighted by atomic mass is 15.1. The van der Waals surface area contributed by atoms with Crippen LogP contribution in [0.2, 0.25) is 0 Å². The summed E-state index contributed by atoms with van der Waals surface area (Å²) in [4.78, 5) is 18.6. The second-order valence-corrected chi connectivity index (χ2v) is 8.80. The van der Waals surface area contributed by atoms with E-state index in [-0.39, 0.29) is 0 Å². The number of fused-ring (bicyclic) bond motifs is 1. The molecule has 174 valence electrons. The maximum Gasteiger partial charge on any atom is 0.223 e. The first-order valence-electron chi connectivity index (χ1n) is 12.2. The predicted octanol–water partition coefficient (Wildman–Crippen LogP) is 6.36. The number of rotatable bonds is 9. The molecule has 2 N–H and O–H groups in total. The molecule has 1 aromatic carbocycles. The summed E-state index contributed by atoms with van der Waals surface area (Å²) in [6, 6.07) is 14.5. The van der Waals surface area contributed by atoms with E-state index in [1.165, 1.54) is 25.7 Å². The summed E-state index contributed by atoms with van der Waals surface area (Å²) in [6.45, 7) is 6.80. The number of hydrogen-bond acceptors (Lipinski definition) is 6. The van der Waals surface area contributed by atoms with Crippen LogP contribution in [0.1, 0.15) is 45.4 Å². The molecule has 0 atom stereocenters. The number of anilines is 2. The summed E-state index contributed by atoms with van der Waals surface area (Å²) in [5.41, 5.74) is 6.32. The summed E-state index contributed by atoms with van der Waals surface area (Å²) in [6.07, 6.45) is 11.0. The number of hydrogen-bond donors (Lipinski definition) is 2. The highest BCUT2D eigenvalue weighted by Gasteiger charge is 2.21. The second-order valence-electron chi connectivity index (χ2n) is 8.80. The average Bonchev–Trinajstić information content (AvgIpc) is 3.52. The van der Waals surface area contributed by atoms with Gasteiger partial charge in [0.05, 0.1) is 28.5 Å². The Labute approximate surface area is 200 Å². The SMILES string of the molecule is C=Nc1cccc(-c2nc3c(NCCCC)cccn3c2-c2ccnc(NC3CCCC3)n2)c1. The molecule has 1 fully saturated rings. The second kappa shape index (κ2) is 10.0. The molecule has 5 rings (SSSR count). The number of nitrogens with one attached hydrogen (secondary N) is 2. The van der Waals surface area contributed by atoms with Crippen LogP contribution in [0.5, 0.6) is 0 Å². The van der Waals surface area contributed by atoms with E-state index in [1.54, 1.807) is 0 Å². The van der Waals surface area contributed by atoms with Gasteiger partial charge in [-0.25, -0.2) is 15.0 Å². The number of aliphatic imine (C=N–C) groups is 1. The van der Waals surface area contributed by atoms with Gasteiger partial charge >= 0.3 is 0 Å². The Morgan fingerprint density at radius 2 is 2.00 bits per heavy atom. The summed E-state index contributed by atoms with van der Waals surface area (Å²) < 4.78 is 2.12. The minimum absolute atomic E-state index is 0.446. The first-order chi connectivity index (χ1) is 16.8. The van der Waals surface area contributed by atoms with E-state index >= 15 is 0 Å². The molecule has 1 aliphatic carbocycles. The van der Waals surface area contributed by atoms with Crippen LogP contribution in [-0.4, -0.2) is 38.7 Å². The molecule has 4 aromatic rings. The fourth-order valence-electron chi connectivity index (χ4n) is 4.62. The van der Waals surface area contributed by atoms with Gasteiger partial charge in [-0.3, -0.25) is 9.39 Å². The van der Waals surface area contributed by atoms with Crippen molar-refractivity contribution in [3.63, 3.8) is 0 Å². The minimum atomic E-state index is 0.446. The molecule has 0 radical (unpaired) electrons. The Hall–Kier alpha value is -3.74. The third kappa shape index (κ3) is 4.51. The highest BCUT2D eigenvalue weighted by Crippen LogP contribution is 2.35. The Morgan fingerprint density at radius 3 is 2.82 bits per heavy atom. The monoisotopic (exact) mass is 453 g/mol. The summed E-state index contributed by atoms with van der Waals surface area (Å²) >= 11 is 0. The summed E-state index contributed by atoms with van der Waals surface area (Å²) in [5, 5.41) is 7.08. The number of unbranched alkanes of at least 4 members (excludes halogenated alkanes) is 1. The smallest absolute Gasteiger partial charge is 0.223 e. The number of benzene rings is 1. The van der Waals surface area contributed by atoms with Crippen LogP contribution in [0.3, 0.4) is 0 Å². The summed E-state index contributed by atoms with van der Waals surface area (Å²) in [7, 11) is 0. The Kier molecular flexibility index (Phi) is 6.51. The predicted molar refractivity (Wildman–Crippen MR) is 140 cm³/mol. The van der Waals surface area contributed by atoms with Crippen molar-refractivity contribution in [2.75, 3.05) is 17.2 Å². The lowest BCUT2D eigenvalue weighted by atomic mass is 10.1. The van der Waals surface area contributed by atoms with Gasteiger partial charge in [-0.1, -0.05) is 38.3 Å². The van der Waals surface area contributed by atoms with Crippen LogP contribution >= 0.6 is 0 Å². The average molecular weight is 454 g/mol. The lowest BCUT2D eigenvalue weighted by Gasteiger charge is -2.13. The molecule has 1 aliphatic rings. The van der Waals surface area contributed by atoms with Gasteiger partial charge in [-0.2, -0.15) is 0 Å². The lowest BCUT2D eigenvalue weighted by molar-refractivity contribution is 0.744. The molecule has 34 heavy (non-hydrogen) atoms. The van der Waals surface area contributed by atoms with Crippen molar-refractivity contribution in [3.05, 3.63) is 54.9 Å². The summed E-state index contributed by atoms with van der Waals surface area (Å²) in [5.74, 6) is 0.670. The highest BCUT2D eigenvalue weighted by molar-refractivity contribution is 5.85. The van der Waals surface area contributed by atoms with E-state index < -0.39 is 0 Å². The van der Waals surface area contributed by atoms with Gasteiger partial charge < -0.3 is 10.6 Å². The van der Waals surface area contributed by atoms with E-state index in [9.17, 15) is 0 Å². The Morgan fingerprint density at radius 1 is 1.12 bits per heavy atom. The van der Waals surface area contributed by atoms with Crippen molar-refractivity contribution in [2.24, 2.45) is 4.99 Å². The Bertz CT molecular complexity index is 1290. The van der Waals surface area contributed by atoms with Crippen molar-refractivity contribution in [1.29, 1.82) is 0 Å². The number of pyridine rings is 1. The topological polar surface area (TPSA) is 79.5 Å². The molecule has 1 saturated carbocycles. The first-order valence-corrected chi connectivity index (χ1v) is 12.2. The first kappa shape index (κ1) is 22.1. The minimum Gasteiger partial charge on any atom is -0.382 e. The molecule has 0 spiro atoms. The number of nitrogens with zero attached hydrogens (tertiary/aromatic N) is 5. The molecule has 0 amide bonds. The van der Waals surface area contributed by atoms with E-state index in [1.807, 2.05) is 36.7 Å². The molecular weight excluding hydrogens is 422 g/mol. The van der Waals surface area contributed by atoms with Crippen molar-refractivity contribution in [2.45, 2.75) is 51.5 Å². The van der Waals surface area contributed by atoms with E-state index in [2.05, 4.69) is 56.9 Å². The third-order valence-corrected chi connectivity index (χ3v) is 6.38. The quantitative estimate of drug-likeness (QED) is 0.228. The maximum atomic E-state index is 5.10. The molecule has 0 saturated heterocycles. The third-order valence-electron chi connectivity index (χ3n) is 6.38. The van der Waals surface area contributed by atoms with Gasteiger partial charge in [0.2, 0.25) is 5.95 Å². The lowest BCUT2D eigenvalue weighted by Crippen LogP contribution is -2.16. The zero-order valence-corrected chi connectivity index (χ0v) is 19.7. The van der Waals surface area contributed by atoms with Crippen molar-refractivity contribution >= 4 is 29.7 Å². The van der Waals surface area contributed by atoms with Crippen molar-refractivity contribution in [1.82, 2.24) is 19.4 Å². The van der Waals surface area contributed by atoms with Crippen LogP contribution in [0.4, 0.5) is 17.3 Å². The van der Waals surface area contributed by atoms with Crippen LogP contribution < -0.4 is 10.6 Å². The molecule has 3 aromatic heterocycles. The van der Waals surface area contributed by atoms with Crippen LogP contribution in [0.25, 0.3) is 28.3 Å². The van der Waals surface area contributed by atoms with Gasteiger partial charge in [0.25, 0.3) is 0 Å². The molecule has 0 bridgehead atoms. The van der Waals surface area contributed by atoms with Crippen molar-refractivity contribution in [3.8, 4) is 22.6 Å². The fourth-order valence-corrected chi connectivity index (χ4v) is 4.62. The van der Waals surface area contributed by atoms with E-state index in [0.29, 0.717) is 12.0 Å². The number of aromatic nitrogens is 4. The zero-order chi connectivity index (χ0) is 23.3. The standard InChI is InChI=1S/C27H31N7/c1-3-4-15-29-23-13-8-17-34-25(22-14-16-30-27(32-22)31-20-10-5-6-11-20)24(33-26(23)34)19-9-7-12-21(18-19)28-2/h7-9,12-14,16-18,20,29H,2-6,10-11,15H2,1H3,(H,30,31,32). The fraction of sp³-hybridized carbons (Fsp3) is 0.333. The van der Waals surface area contributed by atoms with Crippen molar-refractivity contribution < 1.29 is 0 Å². The van der Waals surface area contributed by atoms with E-state index in [4.69, 9.17) is 9.97 Å². The Balaban J connectivity index is 1.64. The van der Waals surface area contributed by atoms with E-state index in [0.717, 1.165) is 59.1 Å². The molecule has 7 heteroatoms. The number of imidazole rings is 1. The van der Waals surface area contributed by atoms with Gasteiger partial charge in [0.15, 0.2) is 5.65 Å². The van der Waals surface area contributed by atoms with Crippen LogP contribution in [-0.2, 0) is 0 Å². The largest absolute Gasteiger partial charge is 0.382 e. The van der Waals surface area contributed by atoms with Crippen LogP contribution in [0, 0.1) is 0 Å². The van der Waals surface area contributed by atoms with Gasteiger partial charge in [0, 0.05) is 30.5 Å². The molecule has 0 unspecified atom stereocenters. The molecule has 7 nitrogen and oxygen atoms in total. The maximum absolute atomic E-state index is 5.10. The van der Waals surface area contributed by atoms with Gasteiger partial charge in [0.1, 0.15) is 0 Å².